The smallest absolute Gasteiger partial charge is 0.276 e. The zero-order valence-corrected chi connectivity index (χ0v) is 10.4. The molecule has 0 aliphatic carbocycles. The van der Waals surface area contributed by atoms with Crippen LogP contribution < -0.4 is 10.6 Å². The Balaban J connectivity index is 2.32. The number of anilines is 2. The quantitative estimate of drug-likeness (QED) is 0.877. The normalized spacial score (nSPS) is 10.1. The molecule has 0 saturated heterocycles. The number of aryl methyl sites for hydroxylation is 1. The second-order valence-corrected chi connectivity index (χ2v) is 4.10. The minimum absolute atomic E-state index is 0.170. The minimum atomic E-state index is -0.170. The Kier molecular flexibility index (Phi) is 3.28. The summed E-state index contributed by atoms with van der Waals surface area (Å²) in [6.45, 7) is 1.96. The van der Waals surface area contributed by atoms with E-state index in [1.54, 1.807) is 30.1 Å². The summed E-state index contributed by atoms with van der Waals surface area (Å²) < 4.78 is 0. The number of hydrogen-bond donors (Lipinski definition) is 1. The SMILES string of the molecule is Cc1ccccc1N(C)C(=O)c1cccc(N)n1. The highest BCUT2D eigenvalue weighted by Crippen LogP contribution is 2.19. The molecule has 0 aliphatic heterocycles. The lowest BCUT2D eigenvalue weighted by atomic mass is 10.2. The first-order valence-corrected chi connectivity index (χ1v) is 5.66. The van der Waals surface area contributed by atoms with Gasteiger partial charge in [0.2, 0.25) is 0 Å². The molecule has 0 fully saturated rings. The van der Waals surface area contributed by atoms with E-state index in [9.17, 15) is 4.79 Å². The summed E-state index contributed by atoms with van der Waals surface area (Å²) >= 11 is 0. The molecule has 0 spiro atoms. The predicted octanol–water partition coefficient (Wildman–Crippen LogP) is 2.25. The van der Waals surface area contributed by atoms with E-state index < -0.39 is 0 Å². The van der Waals surface area contributed by atoms with Gasteiger partial charge in [-0.05, 0) is 30.7 Å². The summed E-state index contributed by atoms with van der Waals surface area (Å²) in [7, 11) is 1.73. The van der Waals surface area contributed by atoms with Crippen molar-refractivity contribution in [2.45, 2.75) is 6.92 Å². The second kappa shape index (κ2) is 4.87. The third-order valence-corrected chi connectivity index (χ3v) is 2.77. The van der Waals surface area contributed by atoms with Gasteiger partial charge in [-0.25, -0.2) is 4.98 Å². The molecule has 0 saturated carbocycles. The summed E-state index contributed by atoms with van der Waals surface area (Å²) in [6, 6.07) is 12.7. The van der Waals surface area contributed by atoms with Gasteiger partial charge in [0, 0.05) is 12.7 Å². The Morgan fingerprint density at radius 3 is 2.56 bits per heavy atom. The van der Waals surface area contributed by atoms with Crippen LogP contribution in [0.2, 0.25) is 0 Å². The van der Waals surface area contributed by atoms with Crippen molar-refractivity contribution in [2.75, 3.05) is 17.7 Å². The van der Waals surface area contributed by atoms with Gasteiger partial charge in [0.1, 0.15) is 11.5 Å². The van der Waals surface area contributed by atoms with E-state index >= 15 is 0 Å². The van der Waals surface area contributed by atoms with Crippen LogP contribution in [0.5, 0.6) is 0 Å². The third-order valence-electron chi connectivity index (χ3n) is 2.77. The lowest BCUT2D eigenvalue weighted by molar-refractivity contribution is 0.0988. The Labute approximate surface area is 106 Å². The van der Waals surface area contributed by atoms with Gasteiger partial charge in [0.15, 0.2) is 0 Å². The molecule has 1 aromatic heterocycles. The minimum Gasteiger partial charge on any atom is -0.384 e. The van der Waals surface area contributed by atoms with Gasteiger partial charge in [-0.3, -0.25) is 4.79 Å². The molecule has 4 heteroatoms. The summed E-state index contributed by atoms with van der Waals surface area (Å²) in [6.07, 6.45) is 0. The number of nitrogens with zero attached hydrogens (tertiary/aromatic N) is 2. The fourth-order valence-corrected chi connectivity index (χ4v) is 1.79. The zero-order valence-electron chi connectivity index (χ0n) is 10.4. The topological polar surface area (TPSA) is 59.2 Å². The Morgan fingerprint density at radius 1 is 1.17 bits per heavy atom. The monoisotopic (exact) mass is 241 g/mol. The molecule has 1 aromatic carbocycles. The highest BCUT2D eigenvalue weighted by atomic mass is 16.2. The lowest BCUT2D eigenvalue weighted by Crippen LogP contribution is -2.27. The largest absolute Gasteiger partial charge is 0.384 e. The van der Waals surface area contributed by atoms with Gasteiger partial charge in [-0.15, -0.1) is 0 Å². The van der Waals surface area contributed by atoms with Crippen LogP contribution in [0.1, 0.15) is 16.1 Å². The first-order chi connectivity index (χ1) is 8.59. The van der Waals surface area contributed by atoms with Crippen LogP contribution in [0.15, 0.2) is 42.5 Å². The Bertz CT molecular complexity index is 581. The molecule has 0 unspecified atom stereocenters. The molecule has 92 valence electrons. The van der Waals surface area contributed by atoms with Crippen LogP contribution >= 0.6 is 0 Å². The molecule has 4 nitrogen and oxygen atoms in total. The van der Waals surface area contributed by atoms with Crippen LogP contribution in [0, 0.1) is 6.92 Å². The molecular formula is C14H15N3O. The number of aromatic nitrogens is 1. The Hall–Kier alpha value is -2.36. The molecule has 2 N–H and O–H groups in total. The van der Waals surface area contributed by atoms with Crippen molar-refractivity contribution in [3.05, 3.63) is 53.7 Å². The van der Waals surface area contributed by atoms with Crippen LogP contribution in [0.3, 0.4) is 0 Å². The lowest BCUT2D eigenvalue weighted by Gasteiger charge is -2.19. The molecular weight excluding hydrogens is 226 g/mol. The maximum atomic E-state index is 12.3. The van der Waals surface area contributed by atoms with Crippen LogP contribution in [0.4, 0.5) is 11.5 Å². The molecule has 2 rings (SSSR count). The molecule has 2 aromatic rings. The molecule has 1 amide bonds. The van der Waals surface area contributed by atoms with E-state index in [-0.39, 0.29) is 5.91 Å². The van der Waals surface area contributed by atoms with Crippen molar-refractivity contribution >= 4 is 17.4 Å². The number of carbonyl (C=O) groups excluding carboxylic acids is 1. The van der Waals surface area contributed by atoms with E-state index in [2.05, 4.69) is 4.98 Å². The van der Waals surface area contributed by atoms with E-state index in [1.165, 1.54) is 0 Å². The number of para-hydroxylation sites is 1. The van der Waals surface area contributed by atoms with Crippen LogP contribution in [0.25, 0.3) is 0 Å². The van der Waals surface area contributed by atoms with Crippen LogP contribution in [-0.4, -0.2) is 17.9 Å². The number of carbonyl (C=O) groups is 1. The fraction of sp³-hybridized carbons (Fsp3) is 0.143. The van der Waals surface area contributed by atoms with Crippen molar-refractivity contribution in [1.82, 2.24) is 4.98 Å². The summed E-state index contributed by atoms with van der Waals surface area (Å²) in [5.41, 5.74) is 7.84. The first-order valence-electron chi connectivity index (χ1n) is 5.66. The average molecular weight is 241 g/mol. The second-order valence-electron chi connectivity index (χ2n) is 4.10. The third kappa shape index (κ3) is 2.32. The standard InChI is InChI=1S/C14H15N3O/c1-10-6-3-4-8-12(10)17(2)14(18)11-7-5-9-13(15)16-11/h3-9H,1-2H3,(H2,15,16). The Morgan fingerprint density at radius 2 is 1.89 bits per heavy atom. The molecule has 18 heavy (non-hydrogen) atoms. The highest BCUT2D eigenvalue weighted by molar-refractivity contribution is 6.04. The van der Waals surface area contributed by atoms with Gasteiger partial charge in [0.05, 0.1) is 0 Å². The molecule has 0 radical (unpaired) electrons. The summed E-state index contributed by atoms with van der Waals surface area (Å²) in [5, 5.41) is 0. The van der Waals surface area contributed by atoms with E-state index in [0.29, 0.717) is 11.5 Å². The van der Waals surface area contributed by atoms with Crippen molar-refractivity contribution in [3.8, 4) is 0 Å². The van der Waals surface area contributed by atoms with E-state index in [0.717, 1.165) is 11.3 Å². The number of nitrogens with two attached hydrogens (primary N) is 1. The fourth-order valence-electron chi connectivity index (χ4n) is 1.79. The van der Waals surface area contributed by atoms with Gasteiger partial charge in [0.25, 0.3) is 5.91 Å². The molecule has 0 atom stereocenters. The average Bonchev–Trinajstić information content (AvgIpc) is 2.37. The van der Waals surface area contributed by atoms with Gasteiger partial charge < -0.3 is 10.6 Å². The van der Waals surface area contributed by atoms with Crippen molar-refractivity contribution in [3.63, 3.8) is 0 Å². The number of hydrogen-bond acceptors (Lipinski definition) is 3. The molecule has 1 heterocycles. The van der Waals surface area contributed by atoms with Gasteiger partial charge >= 0.3 is 0 Å². The van der Waals surface area contributed by atoms with Crippen molar-refractivity contribution in [2.24, 2.45) is 0 Å². The predicted molar refractivity (Wildman–Crippen MR) is 72.6 cm³/mol. The first kappa shape index (κ1) is 12.1. The van der Waals surface area contributed by atoms with Crippen LogP contribution in [-0.2, 0) is 0 Å². The van der Waals surface area contributed by atoms with E-state index in [4.69, 9.17) is 5.73 Å². The molecule has 0 bridgehead atoms. The maximum Gasteiger partial charge on any atom is 0.276 e. The zero-order chi connectivity index (χ0) is 13.1. The number of benzene rings is 1. The summed E-state index contributed by atoms with van der Waals surface area (Å²) in [5.74, 6) is 0.177. The van der Waals surface area contributed by atoms with Crippen molar-refractivity contribution in [1.29, 1.82) is 0 Å². The van der Waals surface area contributed by atoms with Crippen molar-refractivity contribution < 1.29 is 4.79 Å². The number of rotatable bonds is 2. The summed E-state index contributed by atoms with van der Waals surface area (Å²) in [4.78, 5) is 17.9. The van der Waals surface area contributed by atoms with E-state index in [1.807, 2.05) is 31.2 Å². The van der Waals surface area contributed by atoms with Gasteiger partial charge in [-0.2, -0.15) is 0 Å². The van der Waals surface area contributed by atoms with Gasteiger partial charge in [-0.1, -0.05) is 24.3 Å². The number of nitrogen functional groups attached to an aromatic ring is 1. The number of pyridine rings is 1. The highest BCUT2D eigenvalue weighted by Gasteiger charge is 2.16. The maximum absolute atomic E-state index is 12.3. The number of amides is 1. The molecule has 0 aliphatic rings.